The molecular weight excluding hydrogens is 353 g/mol. The molecule has 2 unspecified atom stereocenters. The fourth-order valence-corrected chi connectivity index (χ4v) is 2.74. The van der Waals surface area contributed by atoms with Gasteiger partial charge in [0, 0.05) is 18.2 Å². The summed E-state index contributed by atoms with van der Waals surface area (Å²) in [6.45, 7) is 0.274. The van der Waals surface area contributed by atoms with Gasteiger partial charge in [-0.1, -0.05) is 12.1 Å². The molecule has 0 aromatic heterocycles. The van der Waals surface area contributed by atoms with Crippen LogP contribution in [0.5, 0.6) is 11.5 Å². The zero-order valence-electron chi connectivity index (χ0n) is 15.0. The Morgan fingerprint density at radius 1 is 1.15 bits per heavy atom. The van der Waals surface area contributed by atoms with Gasteiger partial charge in [0.25, 0.3) is 0 Å². The topological polar surface area (TPSA) is 95.7 Å². The number of hydrogen-bond donors (Lipinski definition) is 5. The summed E-state index contributed by atoms with van der Waals surface area (Å²) in [5, 5.41) is 5.81. The molecule has 3 rings (SSSR count). The number of hydrazine groups is 2. The number of methoxy groups -OCH3 is 2. The van der Waals surface area contributed by atoms with Gasteiger partial charge in [-0.15, -0.1) is 0 Å². The number of nitrogens with one attached hydrogen (secondary N) is 5. The van der Waals surface area contributed by atoms with E-state index >= 15 is 0 Å². The van der Waals surface area contributed by atoms with Crippen LogP contribution >= 0.6 is 0 Å². The molecule has 5 N–H and O–H groups in total. The average Bonchev–Trinajstić information content (AvgIpc) is 3.16. The SMILES string of the molecule is COc1ccc(CNC(=O)C2NNNC2Nc2ccccc2F)c(OC)c1. The molecule has 1 aliphatic heterocycles. The van der Waals surface area contributed by atoms with Crippen LogP contribution in [-0.2, 0) is 11.3 Å². The molecule has 0 aliphatic carbocycles. The van der Waals surface area contributed by atoms with Gasteiger partial charge in [0.2, 0.25) is 5.91 Å². The number of benzene rings is 2. The summed E-state index contributed by atoms with van der Waals surface area (Å²) in [4.78, 5) is 12.6. The number of hydrogen-bond acceptors (Lipinski definition) is 7. The zero-order valence-corrected chi connectivity index (χ0v) is 15.0. The van der Waals surface area contributed by atoms with Gasteiger partial charge in [0.15, 0.2) is 0 Å². The van der Waals surface area contributed by atoms with Crippen molar-refractivity contribution >= 4 is 11.6 Å². The van der Waals surface area contributed by atoms with Gasteiger partial charge >= 0.3 is 0 Å². The molecule has 1 amide bonds. The van der Waals surface area contributed by atoms with Crippen LogP contribution in [0, 0.1) is 5.82 Å². The second-order valence-electron chi connectivity index (χ2n) is 5.89. The van der Waals surface area contributed by atoms with Crippen molar-refractivity contribution in [2.45, 2.75) is 18.8 Å². The lowest BCUT2D eigenvalue weighted by Crippen LogP contribution is -2.50. The predicted octanol–water partition coefficient (Wildman–Crippen LogP) is 0.878. The molecule has 1 saturated heterocycles. The van der Waals surface area contributed by atoms with Crippen LogP contribution in [0.4, 0.5) is 10.1 Å². The van der Waals surface area contributed by atoms with E-state index in [0.717, 1.165) is 5.56 Å². The summed E-state index contributed by atoms with van der Waals surface area (Å²) >= 11 is 0. The van der Waals surface area contributed by atoms with Crippen LogP contribution in [0.15, 0.2) is 42.5 Å². The summed E-state index contributed by atoms with van der Waals surface area (Å²) in [6, 6.07) is 11.0. The van der Waals surface area contributed by atoms with Crippen molar-refractivity contribution in [3.8, 4) is 11.5 Å². The van der Waals surface area contributed by atoms with Crippen molar-refractivity contribution in [2.75, 3.05) is 19.5 Å². The van der Waals surface area contributed by atoms with E-state index in [1.165, 1.54) is 6.07 Å². The molecular formula is C18H22FN5O3. The number of carbonyl (C=O) groups excluding carboxylic acids is 1. The monoisotopic (exact) mass is 375 g/mol. The highest BCUT2D eigenvalue weighted by molar-refractivity contribution is 5.83. The zero-order chi connectivity index (χ0) is 19.2. The lowest BCUT2D eigenvalue weighted by atomic mass is 10.1. The molecule has 0 spiro atoms. The molecule has 8 nitrogen and oxygen atoms in total. The lowest BCUT2D eigenvalue weighted by molar-refractivity contribution is -0.123. The third kappa shape index (κ3) is 4.45. The second kappa shape index (κ2) is 8.67. The molecule has 1 aliphatic rings. The van der Waals surface area contributed by atoms with E-state index in [4.69, 9.17) is 9.47 Å². The summed E-state index contributed by atoms with van der Waals surface area (Å²) in [6.07, 6.45) is -0.542. The summed E-state index contributed by atoms with van der Waals surface area (Å²) in [5.41, 5.74) is 9.48. The maximum atomic E-state index is 13.8. The number of halogens is 1. The highest BCUT2D eigenvalue weighted by Gasteiger charge is 2.33. The molecule has 2 atom stereocenters. The van der Waals surface area contributed by atoms with Crippen LogP contribution < -0.4 is 36.5 Å². The van der Waals surface area contributed by atoms with Crippen molar-refractivity contribution < 1.29 is 18.7 Å². The van der Waals surface area contributed by atoms with Crippen molar-refractivity contribution in [3.05, 3.63) is 53.8 Å². The number of ether oxygens (including phenoxy) is 2. The van der Waals surface area contributed by atoms with Gasteiger partial charge in [0.1, 0.15) is 29.5 Å². The van der Waals surface area contributed by atoms with Crippen molar-refractivity contribution in [1.29, 1.82) is 0 Å². The van der Waals surface area contributed by atoms with Gasteiger partial charge in [-0.05, 0) is 24.3 Å². The first kappa shape index (κ1) is 18.9. The van der Waals surface area contributed by atoms with Crippen molar-refractivity contribution in [2.24, 2.45) is 0 Å². The fraction of sp³-hybridized carbons (Fsp3) is 0.278. The van der Waals surface area contributed by atoms with Gasteiger partial charge in [-0.2, -0.15) is 5.53 Å². The third-order valence-electron chi connectivity index (χ3n) is 4.20. The minimum Gasteiger partial charge on any atom is -0.497 e. The van der Waals surface area contributed by atoms with E-state index in [0.29, 0.717) is 17.2 Å². The van der Waals surface area contributed by atoms with Crippen LogP contribution in [0.2, 0.25) is 0 Å². The molecule has 9 heteroatoms. The largest absolute Gasteiger partial charge is 0.497 e. The van der Waals surface area contributed by atoms with E-state index < -0.39 is 18.0 Å². The van der Waals surface area contributed by atoms with Crippen LogP contribution in [0.1, 0.15) is 5.56 Å². The molecule has 0 saturated carbocycles. The number of carbonyl (C=O) groups is 1. The summed E-state index contributed by atoms with van der Waals surface area (Å²) in [5.74, 6) is 0.626. The molecule has 0 radical (unpaired) electrons. The Labute approximate surface area is 156 Å². The minimum absolute atomic E-state index is 0.265. The normalized spacial score (nSPS) is 18.8. The lowest BCUT2D eigenvalue weighted by Gasteiger charge is -2.20. The Bertz CT molecular complexity index is 804. The van der Waals surface area contributed by atoms with Crippen LogP contribution in [-0.4, -0.2) is 32.3 Å². The molecule has 27 heavy (non-hydrogen) atoms. The molecule has 0 bridgehead atoms. The van der Waals surface area contributed by atoms with E-state index in [9.17, 15) is 9.18 Å². The Kier molecular flexibility index (Phi) is 6.07. The number of rotatable bonds is 7. The van der Waals surface area contributed by atoms with Crippen molar-refractivity contribution in [1.82, 2.24) is 21.7 Å². The standard InChI is InChI=1S/C18H22FN5O3/c1-26-12-8-7-11(15(9-12)27-2)10-20-18(25)16-17(23-24-22-16)21-14-6-4-3-5-13(14)19/h3-9,16-17,21-24H,10H2,1-2H3,(H,20,25). The first-order valence-electron chi connectivity index (χ1n) is 8.38. The maximum Gasteiger partial charge on any atom is 0.242 e. The highest BCUT2D eigenvalue weighted by atomic mass is 19.1. The Morgan fingerprint density at radius 3 is 2.70 bits per heavy atom. The molecule has 144 valence electrons. The number of amides is 1. The first-order valence-corrected chi connectivity index (χ1v) is 8.38. The predicted molar refractivity (Wildman–Crippen MR) is 98.4 cm³/mol. The van der Waals surface area contributed by atoms with E-state index in [-0.39, 0.29) is 12.5 Å². The summed E-state index contributed by atoms with van der Waals surface area (Å²) < 4.78 is 24.3. The number of para-hydroxylation sites is 1. The molecule has 1 heterocycles. The molecule has 2 aromatic carbocycles. The quantitative estimate of drug-likeness (QED) is 0.490. The second-order valence-corrected chi connectivity index (χ2v) is 5.89. The maximum absolute atomic E-state index is 13.8. The first-order chi connectivity index (χ1) is 13.1. The number of anilines is 1. The van der Waals surface area contributed by atoms with Crippen molar-refractivity contribution in [3.63, 3.8) is 0 Å². The Morgan fingerprint density at radius 2 is 1.96 bits per heavy atom. The van der Waals surface area contributed by atoms with Gasteiger partial charge < -0.3 is 20.1 Å². The van der Waals surface area contributed by atoms with E-state index in [1.54, 1.807) is 44.6 Å². The van der Waals surface area contributed by atoms with Gasteiger partial charge in [-0.3, -0.25) is 4.79 Å². The Hall–Kier alpha value is -2.88. The van der Waals surface area contributed by atoms with E-state index in [1.807, 2.05) is 6.07 Å². The highest BCUT2D eigenvalue weighted by Crippen LogP contribution is 2.24. The third-order valence-corrected chi connectivity index (χ3v) is 4.20. The van der Waals surface area contributed by atoms with Crippen LogP contribution in [0.3, 0.4) is 0 Å². The smallest absolute Gasteiger partial charge is 0.242 e. The van der Waals surface area contributed by atoms with Gasteiger partial charge in [0.05, 0.1) is 19.9 Å². The van der Waals surface area contributed by atoms with Crippen LogP contribution in [0.25, 0.3) is 0 Å². The molecule has 2 aromatic rings. The van der Waals surface area contributed by atoms with Gasteiger partial charge in [-0.25, -0.2) is 15.2 Å². The van der Waals surface area contributed by atoms with E-state index in [2.05, 4.69) is 27.0 Å². The average molecular weight is 375 g/mol. The Balaban J connectivity index is 1.63. The summed E-state index contributed by atoms with van der Waals surface area (Å²) in [7, 11) is 3.13. The molecule has 1 fully saturated rings. The minimum atomic E-state index is -0.658. The fourth-order valence-electron chi connectivity index (χ4n) is 2.74.